The predicted molar refractivity (Wildman–Crippen MR) is 93.7 cm³/mol. The van der Waals surface area contributed by atoms with E-state index in [-0.39, 0.29) is 5.92 Å². The second-order valence-electron chi connectivity index (χ2n) is 7.40. The summed E-state index contributed by atoms with van der Waals surface area (Å²) in [5, 5.41) is 14.7. The highest BCUT2D eigenvalue weighted by molar-refractivity contribution is 6.10. The average molecular weight is 354 g/mol. The SMILES string of the molecule is CC(C)C(C)(C#N)NC(=O)CN1C(=O)NC2(CCc3ccccc32)C1=O. The molecule has 136 valence electrons. The van der Waals surface area contributed by atoms with Crippen molar-refractivity contribution < 1.29 is 14.4 Å². The van der Waals surface area contributed by atoms with Gasteiger partial charge in [0.05, 0.1) is 6.07 Å². The van der Waals surface area contributed by atoms with Gasteiger partial charge < -0.3 is 10.6 Å². The van der Waals surface area contributed by atoms with Crippen LogP contribution in [-0.2, 0) is 21.5 Å². The average Bonchev–Trinajstić information content (AvgIpc) is 3.08. The second-order valence-corrected chi connectivity index (χ2v) is 7.40. The lowest BCUT2D eigenvalue weighted by Crippen LogP contribution is -2.52. The van der Waals surface area contributed by atoms with Crippen LogP contribution in [0.1, 0.15) is 38.3 Å². The molecule has 2 aliphatic rings. The molecule has 7 heteroatoms. The van der Waals surface area contributed by atoms with Gasteiger partial charge in [0, 0.05) is 0 Å². The van der Waals surface area contributed by atoms with E-state index in [9.17, 15) is 19.6 Å². The Balaban J connectivity index is 1.79. The van der Waals surface area contributed by atoms with E-state index < -0.39 is 35.5 Å². The summed E-state index contributed by atoms with van der Waals surface area (Å²) in [7, 11) is 0. The van der Waals surface area contributed by atoms with Crippen molar-refractivity contribution in [1.82, 2.24) is 15.5 Å². The monoisotopic (exact) mass is 354 g/mol. The van der Waals surface area contributed by atoms with Crippen LogP contribution in [0.15, 0.2) is 24.3 Å². The molecule has 0 saturated carbocycles. The third-order valence-electron chi connectivity index (χ3n) is 5.51. The third kappa shape index (κ3) is 2.62. The number of carbonyl (C=O) groups is 3. The first-order chi connectivity index (χ1) is 12.2. The largest absolute Gasteiger partial charge is 0.336 e. The Labute approximate surface area is 152 Å². The number of nitrogens with zero attached hydrogens (tertiary/aromatic N) is 2. The van der Waals surface area contributed by atoms with Crippen LogP contribution in [0.3, 0.4) is 0 Å². The number of nitrogens with one attached hydrogen (secondary N) is 2. The Kier molecular flexibility index (Phi) is 4.23. The molecule has 1 aliphatic carbocycles. The number of fused-ring (bicyclic) bond motifs is 2. The van der Waals surface area contributed by atoms with Gasteiger partial charge in [-0.15, -0.1) is 0 Å². The van der Waals surface area contributed by atoms with Crippen molar-refractivity contribution >= 4 is 17.8 Å². The number of nitriles is 1. The molecule has 1 fully saturated rings. The van der Waals surface area contributed by atoms with Gasteiger partial charge in [0.15, 0.2) is 0 Å². The minimum Gasteiger partial charge on any atom is -0.336 e. The van der Waals surface area contributed by atoms with Crippen molar-refractivity contribution in [3.63, 3.8) is 0 Å². The van der Waals surface area contributed by atoms with Crippen LogP contribution in [0.2, 0.25) is 0 Å². The Morgan fingerprint density at radius 3 is 2.77 bits per heavy atom. The first kappa shape index (κ1) is 17.9. The number of amides is 4. The zero-order valence-electron chi connectivity index (χ0n) is 15.1. The summed E-state index contributed by atoms with van der Waals surface area (Å²) in [4.78, 5) is 38.7. The molecular weight excluding hydrogens is 332 g/mol. The molecule has 2 unspecified atom stereocenters. The minimum atomic E-state index is -1.08. The predicted octanol–water partition coefficient (Wildman–Crippen LogP) is 1.43. The Morgan fingerprint density at radius 2 is 2.12 bits per heavy atom. The summed E-state index contributed by atoms with van der Waals surface area (Å²) >= 11 is 0. The van der Waals surface area contributed by atoms with Crippen molar-refractivity contribution in [1.29, 1.82) is 5.26 Å². The van der Waals surface area contributed by atoms with Gasteiger partial charge in [-0.1, -0.05) is 38.1 Å². The molecule has 4 amide bonds. The van der Waals surface area contributed by atoms with Crippen LogP contribution in [-0.4, -0.2) is 34.8 Å². The van der Waals surface area contributed by atoms with Crippen molar-refractivity contribution in [3.05, 3.63) is 35.4 Å². The fourth-order valence-electron chi connectivity index (χ4n) is 3.51. The van der Waals surface area contributed by atoms with Crippen molar-refractivity contribution in [2.45, 2.75) is 44.7 Å². The minimum absolute atomic E-state index is 0.118. The van der Waals surface area contributed by atoms with E-state index in [1.807, 2.05) is 38.1 Å². The summed E-state index contributed by atoms with van der Waals surface area (Å²) in [6.07, 6.45) is 1.18. The van der Waals surface area contributed by atoms with Gasteiger partial charge in [-0.05, 0) is 36.8 Å². The van der Waals surface area contributed by atoms with E-state index in [1.165, 1.54) is 0 Å². The van der Waals surface area contributed by atoms with Gasteiger partial charge in [0.25, 0.3) is 5.91 Å². The second kappa shape index (κ2) is 6.13. The van der Waals surface area contributed by atoms with Crippen LogP contribution in [0.5, 0.6) is 0 Å². The lowest BCUT2D eigenvalue weighted by Gasteiger charge is -2.28. The van der Waals surface area contributed by atoms with Gasteiger partial charge in [-0.3, -0.25) is 14.5 Å². The Bertz CT molecular complexity index is 828. The van der Waals surface area contributed by atoms with Crippen molar-refractivity contribution in [2.24, 2.45) is 5.92 Å². The van der Waals surface area contributed by atoms with Gasteiger partial charge in [-0.2, -0.15) is 5.26 Å². The van der Waals surface area contributed by atoms with Gasteiger partial charge in [-0.25, -0.2) is 4.79 Å². The first-order valence-corrected chi connectivity index (χ1v) is 8.68. The molecule has 1 aromatic carbocycles. The smallest absolute Gasteiger partial charge is 0.325 e. The molecule has 7 nitrogen and oxygen atoms in total. The first-order valence-electron chi connectivity index (χ1n) is 8.68. The maximum Gasteiger partial charge on any atom is 0.325 e. The standard InChI is InChI=1S/C19H22N4O3/c1-12(2)18(3,11-20)21-15(24)10-23-16(25)19(22-17(23)26)9-8-13-6-4-5-7-14(13)19/h4-7,12H,8-10H2,1-3H3,(H,21,24)(H,22,26). The van der Waals surface area contributed by atoms with E-state index in [2.05, 4.69) is 16.7 Å². The molecule has 2 atom stereocenters. The molecule has 26 heavy (non-hydrogen) atoms. The zero-order valence-corrected chi connectivity index (χ0v) is 15.1. The number of benzene rings is 1. The molecule has 0 bridgehead atoms. The zero-order chi connectivity index (χ0) is 19.1. The molecular formula is C19H22N4O3. The van der Waals surface area contributed by atoms with Crippen molar-refractivity contribution in [2.75, 3.05) is 6.54 Å². The molecule has 1 saturated heterocycles. The lowest BCUT2D eigenvalue weighted by molar-refractivity contribution is -0.135. The molecule has 1 aromatic rings. The highest BCUT2D eigenvalue weighted by atomic mass is 16.2. The summed E-state index contributed by atoms with van der Waals surface area (Å²) < 4.78 is 0. The van der Waals surface area contributed by atoms with Crippen LogP contribution >= 0.6 is 0 Å². The van der Waals surface area contributed by atoms with E-state index in [0.717, 1.165) is 16.0 Å². The van der Waals surface area contributed by atoms with Gasteiger partial charge in [0.1, 0.15) is 17.6 Å². The lowest BCUT2D eigenvalue weighted by atomic mass is 9.90. The molecule has 2 N–H and O–H groups in total. The maximum atomic E-state index is 13.0. The molecule has 0 radical (unpaired) electrons. The fraction of sp³-hybridized carbons (Fsp3) is 0.474. The highest BCUT2D eigenvalue weighted by Crippen LogP contribution is 2.41. The van der Waals surface area contributed by atoms with Crippen LogP contribution < -0.4 is 10.6 Å². The van der Waals surface area contributed by atoms with Gasteiger partial charge >= 0.3 is 6.03 Å². The number of hydrogen-bond acceptors (Lipinski definition) is 4. The highest BCUT2D eigenvalue weighted by Gasteiger charge is 2.55. The third-order valence-corrected chi connectivity index (χ3v) is 5.51. The Hall–Kier alpha value is -2.88. The number of hydrogen-bond donors (Lipinski definition) is 2. The molecule has 1 aliphatic heterocycles. The van der Waals surface area contributed by atoms with E-state index >= 15 is 0 Å². The fourth-order valence-corrected chi connectivity index (χ4v) is 3.51. The summed E-state index contributed by atoms with van der Waals surface area (Å²) in [6, 6.07) is 9.03. The Morgan fingerprint density at radius 1 is 1.42 bits per heavy atom. The number of imide groups is 1. The van der Waals surface area contributed by atoms with Crippen LogP contribution in [0, 0.1) is 17.2 Å². The number of aryl methyl sites for hydroxylation is 1. The molecule has 0 aromatic heterocycles. The quantitative estimate of drug-likeness (QED) is 0.799. The van der Waals surface area contributed by atoms with Crippen LogP contribution in [0.25, 0.3) is 0 Å². The molecule has 1 spiro atoms. The summed E-state index contributed by atoms with van der Waals surface area (Å²) in [5.41, 5.74) is -0.312. The van der Waals surface area contributed by atoms with E-state index in [0.29, 0.717) is 12.8 Å². The topological polar surface area (TPSA) is 102 Å². The number of carbonyl (C=O) groups excluding carboxylic acids is 3. The maximum absolute atomic E-state index is 13.0. The molecule has 3 rings (SSSR count). The van der Waals surface area contributed by atoms with E-state index in [4.69, 9.17) is 0 Å². The summed E-state index contributed by atoms with van der Waals surface area (Å²) in [6.45, 7) is 4.86. The molecule has 1 heterocycles. The van der Waals surface area contributed by atoms with Crippen molar-refractivity contribution in [3.8, 4) is 6.07 Å². The number of rotatable bonds is 4. The van der Waals surface area contributed by atoms with Gasteiger partial charge in [0.2, 0.25) is 5.91 Å². The normalized spacial score (nSPS) is 23.6. The number of urea groups is 1. The van der Waals surface area contributed by atoms with E-state index in [1.54, 1.807) is 6.92 Å². The summed E-state index contributed by atoms with van der Waals surface area (Å²) in [5.74, 6) is -1.06. The van der Waals surface area contributed by atoms with Crippen LogP contribution in [0.4, 0.5) is 4.79 Å².